The number of imidazole rings is 1. The van der Waals surface area contributed by atoms with Crippen LogP contribution in [0.25, 0.3) is 22.4 Å². The number of fused-ring (bicyclic) bond motifs is 1. The van der Waals surface area contributed by atoms with Gasteiger partial charge in [0.1, 0.15) is 17.4 Å². The first kappa shape index (κ1) is 12.0. The summed E-state index contributed by atoms with van der Waals surface area (Å²) < 4.78 is 13.8. The van der Waals surface area contributed by atoms with Crippen molar-refractivity contribution in [3.63, 3.8) is 0 Å². The Kier molecular flexibility index (Phi) is 2.67. The summed E-state index contributed by atoms with van der Waals surface area (Å²) in [6.45, 7) is 0. The number of benzene rings is 2. The van der Waals surface area contributed by atoms with Crippen LogP contribution in [0.4, 0.5) is 10.1 Å². The summed E-state index contributed by atoms with van der Waals surface area (Å²) in [5, 5.41) is 9.59. The van der Waals surface area contributed by atoms with Gasteiger partial charge in [0.25, 0.3) is 0 Å². The molecule has 19 heavy (non-hydrogen) atoms. The van der Waals surface area contributed by atoms with Crippen LogP contribution in [0, 0.1) is 5.82 Å². The van der Waals surface area contributed by atoms with Crippen LogP contribution in [0.15, 0.2) is 34.8 Å². The standard InChI is InChI=1S/C13H9BrFN3O/c14-7-4-10-11(5-8(7)15)18-13(17-10)6-1-2-9(16)12(19)3-6/h1-5,19H,16H2,(H,17,18). The third-order valence-corrected chi connectivity index (χ3v) is 3.44. The molecule has 2 aromatic carbocycles. The second-order valence-corrected chi connectivity index (χ2v) is 5.00. The minimum Gasteiger partial charge on any atom is -0.506 e. The lowest BCUT2D eigenvalue weighted by Crippen LogP contribution is -1.86. The molecule has 1 heterocycles. The van der Waals surface area contributed by atoms with E-state index in [1.54, 1.807) is 18.2 Å². The maximum atomic E-state index is 13.4. The van der Waals surface area contributed by atoms with Crippen molar-refractivity contribution in [2.75, 3.05) is 5.73 Å². The maximum absolute atomic E-state index is 13.4. The highest BCUT2D eigenvalue weighted by molar-refractivity contribution is 9.10. The van der Waals surface area contributed by atoms with Gasteiger partial charge >= 0.3 is 0 Å². The molecule has 0 radical (unpaired) electrons. The fraction of sp³-hybridized carbons (Fsp3) is 0. The van der Waals surface area contributed by atoms with Crippen molar-refractivity contribution in [1.29, 1.82) is 0 Å². The summed E-state index contributed by atoms with van der Waals surface area (Å²) in [6, 6.07) is 7.81. The first-order chi connectivity index (χ1) is 9.04. The number of aromatic amines is 1. The number of phenols is 1. The molecule has 0 amide bonds. The summed E-state index contributed by atoms with van der Waals surface area (Å²) in [6.07, 6.45) is 0. The molecule has 0 fully saturated rings. The molecule has 3 aromatic rings. The van der Waals surface area contributed by atoms with Crippen molar-refractivity contribution >= 4 is 32.7 Å². The van der Waals surface area contributed by atoms with Crippen LogP contribution in [0.1, 0.15) is 0 Å². The summed E-state index contributed by atoms with van der Waals surface area (Å²) in [7, 11) is 0. The lowest BCUT2D eigenvalue weighted by molar-refractivity contribution is 0.478. The van der Waals surface area contributed by atoms with Crippen molar-refractivity contribution < 1.29 is 9.50 Å². The SMILES string of the molecule is Nc1ccc(-c2nc3cc(Br)c(F)cc3[nH]2)cc1O. The molecule has 96 valence electrons. The topological polar surface area (TPSA) is 74.9 Å². The Labute approximate surface area is 116 Å². The number of phenolic OH excluding ortho intramolecular Hbond substituents is 1. The zero-order chi connectivity index (χ0) is 13.6. The fourth-order valence-corrected chi connectivity index (χ4v) is 2.16. The Morgan fingerprint density at radius 3 is 2.79 bits per heavy atom. The molecule has 0 spiro atoms. The van der Waals surface area contributed by atoms with E-state index in [0.717, 1.165) is 0 Å². The predicted octanol–water partition coefficient (Wildman–Crippen LogP) is 3.42. The average molecular weight is 322 g/mol. The van der Waals surface area contributed by atoms with Gasteiger partial charge < -0.3 is 15.8 Å². The number of aromatic hydroxyl groups is 1. The normalized spacial score (nSPS) is 11.1. The van der Waals surface area contributed by atoms with E-state index in [1.165, 1.54) is 12.1 Å². The van der Waals surface area contributed by atoms with Gasteiger partial charge in [-0.2, -0.15) is 0 Å². The second-order valence-electron chi connectivity index (χ2n) is 4.14. The number of nitrogens with zero attached hydrogens (tertiary/aromatic N) is 1. The van der Waals surface area contributed by atoms with Crippen LogP contribution in [0.5, 0.6) is 5.75 Å². The lowest BCUT2D eigenvalue weighted by atomic mass is 10.2. The number of rotatable bonds is 1. The van der Waals surface area contributed by atoms with Crippen LogP contribution in [-0.4, -0.2) is 15.1 Å². The third-order valence-electron chi connectivity index (χ3n) is 2.83. The highest BCUT2D eigenvalue weighted by atomic mass is 79.9. The van der Waals surface area contributed by atoms with E-state index in [4.69, 9.17) is 5.73 Å². The molecule has 4 N–H and O–H groups in total. The molecular formula is C13H9BrFN3O. The van der Waals surface area contributed by atoms with Crippen LogP contribution in [0.3, 0.4) is 0 Å². The Morgan fingerprint density at radius 2 is 2.05 bits per heavy atom. The van der Waals surface area contributed by atoms with E-state index >= 15 is 0 Å². The van der Waals surface area contributed by atoms with Crippen LogP contribution >= 0.6 is 15.9 Å². The molecule has 0 atom stereocenters. The van der Waals surface area contributed by atoms with E-state index in [2.05, 4.69) is 25.9 Å². The first-order valence-corrected chi connectivity index (χ1v) is 6.27. The maximum Gasteiger partial charge on any atom is 0.139 e. The molecule has 0 bridgehead atoms. The number of hydrogen-bond donors (Lipinski definition) is 3. The number of nitrogens with one attached hydrogen (secondary N) is 1. The zero-order valence-corrected chi connectivity index (χ0v) is 11.2. The number of halogens is 2. The summed E-state index contributed by atoms with van der Waals surface area (Å²) in [5.74, 6) is 0.177. The molecule has 0 aliphatic rings. The minimum atomic E-state index is -0.358. The van der Waals surface area contributed by atoms with E-state index in [9.17, 15) is 9.50 Å². The van der Waals surface area contributed by atoms with Gasteiger partial charge in [-0.05, 0) is 40.2 Å². The Hall–Kier alpha value is -2.08. The first-order valence-electron chi connectivity index (χ1n) is 5.48. The van der Waals surface area contributed by atoms with Gasteiger partial charge in [-0.1, -0.05) is 0 Å². The van der Waals surface area contributed by atoms with Gasteiger partial charge in [0, 0.05) is 11.6 Å². The quantitative estimate of drug-likeness (QED) is 0.475. The van der Waals surface area contributed by atoms with E-state index in [0.29, 0.717) is 32.6 Å². The highest BCUT2D eigenvalue weighted by Crippen LogP contribution is 2.29. The number of anilines is 1. The predicted molar refractivity (Wildman–Crippen MR) is 75.3 cm³/mol. The highest BCUT2D eigenvalue weighted by Gasteiger charge is 2.10. The van der Waals surface area contributed by atoms with Gasteiger partial charge in [-0.15, -0.1) is 0 Å². The molecule has 3 rings (SSSR count). The number of aromatic nitrogens is 2. The third kappa shape index (κ3) is 2.04. The smallest absolute Gasteiger partial charge is 0.139 e. The van der Waals surface area contributed by atoms with E-state index in [-0.39, 0.29) is 11.6 Å². The minimum absolute atomic E-state index is 0.00897. The van der Waals surface area contributed by atoms with Gasteiger partial charge in [-0.3, -0.25) is 0 Å². The molecule has 1 aromatic heterocycles. The van der Waals surface area contributed by atoms with Crippen LogP contribution in [-0.2, 0) is 0 Å². The van der Waals surface area contributed by atoms with Gasteiger partial charge in [-0.25, -0.2) is 9.37 Å². The van der Waals surface area contributed by atoms with E-state index < -0.39 is 0 Å². The zero-order valence-electron chi connectivity index (χ0n) is 9.61. The Balaban J connectivity index is 2.17. The molecule has 0 saturated carbocycles. The van der Waals surface area contributed by atoms with Gasteiger partial charge in [0.05, 0.1) is 21.2 Å². The van der Waals surface area contributed by atoms with E-state index in [1.807, 2.05) is 0 Å². The molecular weight excluding hydrogens is 313 g/mol. The number of hydrogen-bond acceptors (Lipinski definition) is 3. The summed E-state index contributed by atoms with van der Waals surface area (Å²) in [4.78, 5) is 7.35. The molecule has 6 heteroatoms. The number of nitrogens with two attached hydrogens (primary N) is 1. The van der Waals surface area contributed by atoms with Crippen LogP contribution < -0.4 is 5.73 Å². The van der Waals surface area contributed by atoms with Crippen molar-refractivity contribution in [1.82, 2.24) is 9.97 Å². The van der Waals surface area contributed by atoms with Gasteiger partial charge in [0.15, 0.2) is 0 Å². The lowest BCUT2D eigenvalue weighted by Gasteiger charge is -2.00. The van der Waals surface area contributed by atoms with Crippen molar-refractivity contribution in [2.24, 2.45) is 0 Å². The molecule has 4 nitrogen and oxygen atoms in total. The Bertz CT molecular complexity index is 746. The summed E-state index contributed by atoms with van der Waals surface area (Å²) in [5.41, 5.74) is 7.75. The number of nitrogen functional groups attached to an aromatic ring is 1. The van der Waals surface area contributed by atoms with Crippen molar-refractivity contribution in [2.45, 2.75) is 0 Å². The molecule has 0 saturated heterocycles. The van der Waals surface area contributed by atoms with Crippen LogP contribution in [0.2, 0.25) is 0 Å². The molecule has 0 aliphatic carbocycles. The van der Waals surface area contributed by atoms with Crippen molar-refractivity contribution in [3.8, 4) is 17.1 Å². The largest absolute Gasteiger partial charge is 0.506 e. The molecule has 0 unspecified atom stereocenters. The van der Waals surface area contributed by atoms with Gasteiger partial charge in [0.2, 0.25) is 0 Å². The second kappa shape index (κ2) is 4.24. The Morgan fingerprint density at radius 1 is 1.26 bits per heavy atom. The molecule has 0 aliphatic heterocycles. The number of H-pyrrole nitrogens is 1. The average Bonchev–Trinajstić information content (AvgIpc) is 2.76. The fourth-order valence-electron chi connectivity index (χ4n) is 1.83. The summed E-state index contributed by atoms with van der Waals surface area (Å²) >= 11 is 3.12. The van der Waals surface area contributed by atoms with Crippen molar-refractivity contribution in [3.05, 3.63) is 40.6 Å². The monoisotopic (exact) mass is 321 g/mol.